The van der Waals surface area contributed by atoms with Crippen LogP contribution in [-0.4, -0.2) is 20.7 Å². The lowest BCUT2D eigenvalue weighted by Crippen LogP contribution is -2.20. The van der Waals surface area contributed by atoms with Gasteiger partial charge in [-0.1, -0.05) is 29.4 Å². The van der Waals surface area contributed by atoms with E-state index in [2.05, 4.69) is 28.1 Å². The van der Waals surface area contributed by atoms with Crippen LogP contribution in [0.5, 0.6) is 5.75 Å². The Morgan fingerprint density at radius 3 is 2.70 bits per heavy atom. The third-order valence-electron chi connectivity index (χ3n) is 6.65. The number of rotatable bonds is 5. The zero-order chi connectivity index (χ0) is 20.5. The van der Waals surface area contributed by atoms with E-state index in [0.29, 0.717) is 17.4 Å². The van der Waals surface area contributed by atoms with Crippen LogP contribution in [0.1, 0.15) is 48.3 Å². The number of hydrogen-bond acceptors (Lipinski definition) is 5. The van der Waals surface area contributed by atoms with Crippen molar-refractivity contribution in [2.24, 2.45) is 0 Å². The molecule has 3 aromatic rings. The number of benzene rings is 2. The number of nitrogens with zero attached hydrogens (tertiary/aromatic N) is 1. The molecule has 2 saturated carbocycles. The first kappa shape index (κ1) is 18.0. The topological polar surface area (TPSA) is 81.4 Å². The first-order valence-electron chi connectivity index (χ1n) is 10.3. The molecule has 0 radical (unpaired) electrons. The van der Waals surface area contributed by atoms with Crippen LogP contribution >= 0.6 is 0 Å². The van der Waals surface area contributed by atoms with Gasteiger partial charge < -0.3 is 9.26 Å². The lowest BCUT2D eigenvalue weighted by Gasteiger charge is -2.25. The van der Waals surface area contributed by atoms with Gasteiger partial charge in [0.25, 0.3) is 10.0 Å². The molecular weight excluding hydrogens is 400 g/mol. The third kappa shape index (κ3) is 2.68. The van der Waals surface area contributed by atoms with E-state index >= 15 is 0 Å². The Hall–Kier alpha value is -2.80. The number of nitrogens with one attached hydrogen (secondary N) is 1. The highest BCUT2D eigenvalue weighted by atomic mass is 32.2. The number of sulfonamides is 1. The molecule has 154 valence electrons. The number of fused-ring (bicyclic) bond motifs is 4. The molecule has 0 amide bonds. The van der Waals surface area contributed by atoms with Gasteiger partial charge in [0.2, 0.25) is 0 Å². The Morgan fingerprint density at radius 2 is 1.97 bits per heavy atom. The largest absolute Gasteiger partial charge is 0.495 e. The fourth-order valence-electron chi connectivity index (χ4n) is 4.70. The third-order valence-corrected chi connectivity index (χ3v) is 8.03. The summed E-state index contributed by atoms with van der Waals surface area (Å²) >= 11 is 0. The Bertz CT molecular complexity index is 1270. The van der Waals surface area contributed by atoms with Gasteiger partial charge in [0.15, 0.2) is 11.6 Å². The van der Waals surface area contributed by atoms with Gasteiger partial charge in [0.05, 0.1) is 7.11 Å². The first-order chi connectivity index (χ1) is 14.5. The summed E-state index contributed by atoms with van der Waals surface area (Å²) in [5, 5.41) is 4.14. The summed E-state index contributed by atoms with van der Waals surface area (Å²) in [5.74, 6) is 1.91. The highest BCUT2D eigenvalue weighted by Crippen LogP contribution is 2.59. The molecule has 7 heteroatoms. The van der Waals surface area contributed by atoms with E-state index in [1.54, 1.807) is 18.2 Å². The van der Waals surface area contributed by atoms with Crippen molar-refractivity contribution in [2.75, 3.05) is 11.8 Å². The van der Waals surface area contributed by atoms with Gasteiger partial charge in [-0.25, -0.2) is 8.42 Å². The average molecular weight is 423 g/mol. The number of ether oxygens (including phenoxy) is 1. The molecule has 6 rings (SSSR count). The molecule has 1 N–H and O–H groups in total. The van der Waals surface area contributed by atoms with E-state index < -0.39 is 10.0 Å². The number of anilines is 1. The quantitative estimate of drug-likeness (QED) is 0.649. The van der Waals surface area contributed by atoms with Crippen LogP contribution in [0.25, 0.3) is 11.3 Å². The van der Waals surface area contributed by atoms with Crippen LogP contribution in [0, 0.1) is 0 Å². The van der Waals surface area contributed by atoms with Crippen molar-refractivity contribution in [3.63, 3.8) is 0 Å². The Morgan fingerprint density at radius 1 is 1.17 bits per heavy atom. The molecule has 0 aliphatic heterocycles. The zero-order valence-corrected chi connectivity index (χ0v) is 17.5. The second-order valence-corrected chi connectivity index (χ2v) is 10.3. The lowest BCUT2D eigenvalue weighted by molar-refractivity contribution is 0.403. The molecule has 1 aromatic heterocycles. The fraction of sp³-hybridized carbons (Fsp3) is 0.348. The lowest BCUT2D eigenvalue weighted by atomic mass is 9.78. The van der Waals surface area contributed by atoms with E-state index in [-0.39, 0.29) is 16.1 Å². The minimum atomic E-state index is -3.86. The van der Waals surface area contributed by atoms with Crippen LogP contribution in [0.4, 0.5) is 5.82 Å². The fourth-order valence-corrected chi connectivity index (χ4v) is 5.90. The summed E-state index contributed by atoms with van der Waals surface area (Å²) in [5.41, 5.74) is 4.67. The zero-order valence-electron chi connectivity index (χ0n) is 16.6. The number of aromatic nitrogens is 1. The maximum atomic E-state index is 13.1. The van der Waals surface area contributed by atoms with Gasteiger partial charge in [0.1, 0.15) is 10.6 Å². The SMILES string of the molecule is COc1ccccc1S(=O)(=O)Nc1noc2c1CC1(CC1)c1ccc(C3CC3)cc1-2. The van der Waals surface area contributed by atoms with Crippen molar-refractivity contribution in [3.05, 3.63) is 59.2 Å². The van der Waals surface area contributed by atoms with Crippen molar-refractivity contribution >= 4 is 15.8 Å². The number of hydrogen-bond donors (Lipinski definition) is 1. The van der Waals surface area contributed by atoms with Gasteiger partial charge in [0, 0.05) is 16.5 Å². The molecule has 30 heavy (non-hydrogen) atoms. The predicted octanol–water partition coefficient (Wildman–Crippen LogP) is 4.62. The van der Waals surface area contributed by atoms with Crippen molar-refractivity contribution < 1.29 is 17.7 Å². The van der Waals surface area contributed by atoms with Crippen LogP contribution in [0.2, 0.25) is 0 Å². The van der Waals surface area contributed by atoms with Crippen LogP contribution in [0.15, 0.2) is 51.9 Å². The Labute approximate surface area is 175 Å². The Kier molecular flexibility index (Phi) is 3.67. The van der Waals surface area contributed by atoms with E-state index in [4.69, 9.17) is 9.26 Å². The summed E-state index contributed by atoms with van der Waals surface area (Å²) in [6.45, 7) is 0. The molecule has 2 aromatic carbocycles. The summed E-state index contributed by atoms with van der Waals surface area (Å²) in [6, 6.07) is 13.3. The van der Waals surface area contributed by atoms with Crippen LogP contribution in [0.3, 0.4) is 0 Å². The van der Waals surface area contributed by atoms with Gasteiger partial charge in [-0.2, -0.15) is 0 Å². The molecule has 0 atom stereocenters. The molecule has 6 nitrogen and oxygen atoms in total. The molecule has 0 saturated heterocycles. The summed E-state index contributed by atoms with van der Waals surface area (Å²) in [6.07, 6.45) is 5.41. The highest BCUT2D eigenvalue weighted by molar-refractivity contribution is 7.92. The van der Waals surface area contributed by atoms with E-state index in [1.165, 1.54) is 37.1 Å². The van der Waals surface area contributed by atoms with Crippen LogP contribution in [-0.2, 0) is 21.9 Å². The average Bonchev–Trinajstić information content (AvgIpc) is 3.68. The van der Waals surface area contributed by atoms with E-state index in [1.807, 2.05) is 0 Å². The molecule has 1 heterocycles. The van der Waals surface area contributed by atoms with Crippen LogP contribution < -0.4 is 9.46 Å². The first-order valence-corrected chi connectivity index (χ1v) is 11.8. The predicted molar refractivity (Wildman–Crippen MR) is 112 cm³/mol. The molecule has 3 aliphatic carbocycles. The monoisotopic (exact) mass is 422 g/mol. The molecule has 0 unspecified atom stereocenters. The summed E-state index contributed by atoms with van der Waals surface area (Å²) in [4.78, 5) is 0.0811. The molecule has 1 spiro atoms. The van der Waals surface area contributed by atoms with Gasteiger partial charge in [-0.05, 0) is 67.3 Å². The highest BCUT2D eigenvalue weighted by Gasteiger charge is 2.50. The van der Waals surface area contributed by atoms with E-state index in [9.17, 15) is 8.42 Å². The number of methoxy groups -OCH3 is 1. The minimum Gasteiger partial charge on any atom is -0.495 e. The number of para-hydroxylation sites is 1. The smallest absolute Gasteiger partial charge is 0.266 e. The van der Waals surface area contributed by atoms with E-state index in [0.717, 1.165) is 30.4 Å². The van der Waals surface area contributed by atoms with Crippen molar-refractivity contribution in [3.8, 4) is 17.1 Å². The maximum absolute atomic E-state index is 13.1. The normalized spacial score (nSPS) is 18.6. The second-order valence-electron chi connectivity index (χ2n) is 8.63. The molecule has 3 aliphatic rings. The van der Waals surface area contributed by atoms with Gasteiger partial charge in [-0.3, -0.25) is 4.72 Å². The summed E-state index contributed by atoms with van der Waals surface area (Å²) in [7, 11) is -2.41. The molecule has 2 fully saturated rings. The standard InChI is InChI=1S/C23H22N2O4S/c1-28-19-4-2-3-5-20(19)30(26,27)25-22-17-13-23(10-11-23)18-9-8-15(14-6-7-14)12-16(18)21(17)29-24-22/h2-5,8-9,12,14H,6-7,10-11,13H2,1H3,(H,24,25). The summed E-state index contributed by atoms with van der Waals surface area (Å²) < 4.78 is 39.7. The minimum absolute atomic E-state index is 0.0811. The molecular formula is C23H22N2O4S. The van der Waals surface area contributed by atoms with Gasteiger partial charge >= 0.3 is 0 Å². The Balaban J connectivity index is 1.42. The van der Waals surface area contributed by atoms with Crippen molar-refractivity contribution in [2.45, 2.75) is 48.3 Å². The maximum Gasteiger partial charge on any atom is 0.266 e. The second kappa shape index (κ2) is 6.11. The van der Waals surface area contributed by atoms with Gasteiger partial charge in [-0.15, -0.1) is 0 Å². The van der Waals surface area contributed by atoms with Crippen molar-refractivity contribution in [1.82, 2.24) is 5.16 Å². The molecule has 0 bridgehead atoms. The van der Waals surface area contributed by atoms with Crippen molar-refractivity contribution in [1.29, 1.82) is 0 Å².